The quantitative estimate of drug-likeness (QED) is 0.0363. The van der Waals surface area contributed by atoms with Crippen LogP contribution in [-0.2, 0) is 46.2 Å². The first kappa shape index (κ1) is 55.7. The Balaban J connectivity index is 0.932. The van der Waals surface area contributed by atoms with E-state index >= 15 is 0 Å². The number of rotatable bonds is 21. The van der Waals surface area contributed by atoms with Crippen LogP contribution in [0.25, 0.3) is 11.1 Å². The number of nitrogens with zero attached hydrogens (tertiary/aromatic N) is 4. The van der Waals surface area contributed by atoms with Crippen molar-refractivity contribution in [1.29, 1.82) is 0 Å². The Kier molecular flexibility index (Phi) is 18.0. The van der Waals surface area contributed by atoms with Gasteiger partial charge in [0.25, 0.3) is 17.7 Å². The van der Waals surface area contributed by atoms with Crippen LogP contribution in [0.1, 0.15) is 94.5 Å². The summed E-state index contributed by atoms with van der Waals surface area (Å²) in [6, 6.07) is 18.2. The Hall–Kier alpha value is -8.07. The molecule has 0 aliphatic carbocycles. The Bertz CT molecular complexity index is 3000. The molecule has 20 heteroatoms. The van der Waals surface area contributed by atoms with E-state index in [1.54, 1.807) is 97.9 Å². The molecule has 0 bridgehead atoms. The highest BCUT2D eigenvalue weighted by Gasteiger charge is 2.46. The van der Waals surface area contributed by atoms with Gasteiger partial charge in [0.2, 0.25) is 11.8 Å². The molecule has 2 aliphatic heterocycles. The van der Waals surface area contributed by atoms with Crippen LogP contribution in [0.2, 0.25) is 0 Å². The van der Waals surface area contributed by atoms with Crippen LogP contribution < -0.4 is 36.6 Å². The van der Waals surface area contributed by atoms with Crippen molar-refractivity contribution in [3.8, 4) is 16.9 Å². The maximum atomic E-state index is 14.1. The minimum absolute atomic E-state index is 0.0124. The number of hydrogen-bond acceptors (Lipinski definition) is 12. The van der Waals surface area contributed by atoms with Gasteiger partial charge in [0.15, 0.2) is 12.0 Å². The molecule has 2 aliphatic rings. The van der Waals surface area contributed by atoms with Crippen molar-refractivity contribution in [2.75, 3.05) is 41.8 Å². The number of nitrogens with one attached hydrogen (secondary N) is 4. The number of fused-ring (bicyclic) bond motifs is 2. The van der Waals surface area contributed by atoms with Gasteiger partial charge in [-0.2, -0.15) is 0 Å². The second-order valence-corrected chi connectivity index (χ2v) is 19.7. The topological polar surface area (TPSA) is 269 Å². The van der Waals surface area contributed by atoms with Crippen LogP contribution in [0.4, 0.5) is 21.9 Å². The van der Waals surface area contributed by atoms with Crippen LogP contribution in [0.15, 0.2) is 97.3 Å². The third-order valence-corrected chi connectivity index (χ3v) is 13.4. The SMILES string of the molecule is C=C1C[C@H]2C(O)N(C(=O)OCc3ccc(CC(=O)[C@H](C)NC(=O)[C@@H](N)C(C)C)cc3)c3cc(OCCCC(=O)Nc4cc(C(=O)Nc5ccc(-c6cc(C(=O)NCCCO)n(C)c6)cc5)n(C)c4)c(C)cc3C(=O)N2C1. The van der Waals surface area contributed by atoms with Crippen molar-refractivity contribution in [3.63, 3.8) is 0 Å². The van der Waals surface area contributed by atoms with E-state index in [4.69, 9.17) is 20.3 Å². The molecule has 0 saturated carbocycles. The number of nitrogens with two attached hydrogens (primary N) is 1. The molecule has 1 unspecified atom stereocenters. The molecule has 76 heavy (non-hydrogen) atoms. The van der Waals surface area contributed by atoms with Gasteiger partial charge in [0.05, 0.1) is 41.7 Å². The number of ether oxygens (including phenoxy) is 2. The fourth-order valence-electron chi connectivity index (χ4n) is 8.97. The minimum Gasteiger partial charge on any atom is -0.493 e. The van der Waals surface area contributed by atoms with Crippen LogP contribution >= 0.6 is 0 Å². The summed E-state index contributed by atoms with van der Waals surface area (Å²) in [4.78, 5) is 95.0. The zero-order valence-corrected chi connectivity index (χ0v) is 43.7. The standard InChI is InChI=1S/C56H67N9O11/c1-32(2)50(57)53(71)59-35(5)47(67)24-36-11-13-37(14-12-36)31-76-56(74)65-43-27-48(34(4)23-42(43)54(72)64-28-33(3)22-46(64)55(65)73)75-21-8-10-49(68)60-41-26-45(63(7)30-41)52(70)61-40-17-15-38(16-18-40)39-25-44(62(6)29-39)51(69)58-19-9-20-66/h11-18,23,25-27,29-30,32,35,46,50,55,66,73H,3,8-10,19-22,24,28,31,57H2,1-2,4-7H3,(H,58,69)(H,59,71)(H,60,68)(H,61,70)/t35-,46-,50-,55?/m0/s1. The van der Waals surface area contributed by atoms with Gasteiger partial charge in [-0.25, -0.2) is 9.69 Å². The normalized spacial score (nSPS) is 15.8. The van der Waals surface area contributed by atoms with Gasteiger partial charge >= 0.3 is 6.09 Å². The molecule has 3 aromatic carbocycles. The molecule has 1 saturated heterocycles. The van der Waals surface area contributed by atoms with Gasteiger partial charge in [-0.05, 0) is 91.6 Å². The second kappa shape index (κ2) is 24.5. The molecular weight excluding hydrogens is 975 g/mol. The maximum Gasteiger partial charge on any atom is 0.416 e. The second-order valence-electron chi connectivity index (χ2n) is 19.7. The van der Waals surface area contributed by atoms with E-state index < -0.39 is 48.2 Å². The lowest BCUT2D eigenvalue weighted by atomic mass is 10.0. The molecule has 0 spiro atoms. The monoisotopic (exact) mass is 1040 g/mol. The number of hydrogen-bond donors (Lipinski definition) is 7. The third kappa shape index (κ3) is 13.2. The molecule has 4 heterocycles. The summed E-state index contributed by atoms with van der Waals surface area (Å²) in [6.07, 6.45) is 2.17. The van der Waals surface area contributed by atoms with Crippen molar-refractivity contribution < 1.29 is 53.2 Å². The number of aliphatic hydroxyl groups is 2. The Morgan fingerprint density at radius 1 is 0.842 bits per heavy atom. The number of Topliss-reactive ketones (excluding diaryl/α,β-unsaturated/α-hetero) is 1. The van der Waals surface area contributed by atoms with Crippen LogP contribution in [0.5, 0.6) is 5.75 Å². The summed E-state index contributed by atoms with van der Waals surface area (Å²) in [6.45, 7) is 11.5. The fourth-order valence-corrected chi connectivity index (χ4v) is 8.97. The zero-order chi connectivity index (χ0) is 55.0. The molecule has 0 radical (unpaired) electrons. The van der Waals surface area contributed by atoms with E-state index in [0.29, 0.717) is 58.2 Å². The highest BCUT2D eigenvalue weighted by molar-refractivity contribution is 6.06. The molecule has 4 atom stereocenters. The van der Waals surface area contributed by atoms with Crippen molar-refractivity contribution in [2.45, 2.75) is 90.8 Å². The van der Waals surface area contributed by atoms with Crippen LogP contribution in [0, 0.1) is 12.8 Å². The Labute approximate surface area is 441 Å². The number of aliphatic hydroxyl groups excluding tert-OH is 2. The van der Waals surface area contributed by atoms with E-state index in [2.05, 4.69) is 27.8 Å². The molecule has 7 rings (SSSR count). The number of ketones is 1. The molecule has 8 N–H and O–H groups in total. The Morgan fingerprint density at radius 2 is 1.53 bits per heavy atom. The average molecular weight is 1040 g/mol. The van der Waals surface area contributed by atoms with Gasteiger partial charge in [0.1, 0.15) is 23.7 Å². The molecule has 20 nitrogen and oxygen atoms in total. The lowest BCUT2D eigenvalue weighted by Crippen LogP contribution is -2.50. The molecule has 5 aromatic rings. The molecule has 6 amide bonds. The lowest BCUT2D eigenvalue weighted by Gasteiger charge is -2.31. The fraction of sp³-hybridized carbons (Fsp3) is 0.375. The number of carbonyl (C=O) groups is 7. The van der Waals surface area contributed by atoms with Crippen molar-refractivity contribution in [2.24, 2.45) is 25.7 Å². The van der Waals surface area contributed by atoms with E-state index in [9.17, 15) is 38.7 Å². The molecule has 1 fully saturated rings. The Morgan fingerprint density at radius 3 is 2.22 bits per heavy atom. The number of benzene rings is 3. The first-order valence-corrected chi connectivity index (χ1v) is 25.2. The smallest absolute Gasteiger partial charge is 0.416 e. The van der Waals surface area contributed by atoms with Gasteiger partial charge in [-0.15, -0.1) is 0 Å². The van der Waals surface area contributed by atoms with E-state index in [1.807, 2.05) is 32.2 Å². The van der Waals surface area contributed by atoms with Crippen molar-refractivity contribution >= 4 is 58.5 Å². The number of aromatic nitrogens is 2. The lowest BCUT2D eigenvalue weighted by molar-refractivity contribution is -0.128. The predicted molar refractivity (Wildman–Crippen MR) is 286 cm³/mol. The van der Waals surface area contributed by atoms with Gasteiger partial charge in [-0.1, -0.05) is 62.4 Å². The van der Waals surface area contributed by atoms with Crippen molar-refractivity contribution in [1.82, 2.24) is 24.7 Å². The number of amides is 6. The first-order valence-electron chi connectivity index (χ1n) is 25.2. The van der Waals surface area contributed by atoms with Gasteiger partial charge in [0, 0.05) is 76.3 Å². The van der Waals surface area contributed by atoms with Crippen molar-refractivity contribution in [3.05, 3.63) is 131 Å². The third-order valence-electron chi connectivity index (χ3n) is 13.4. The first-order chi connectivity index (χ1) is 36.2. The number of aryl methyl sites for hydroxylation is 3. The van der Waals surface area contributed by atoms with Gasteiger partial charge in [-0.3, -0.25) is 28.8 Å². The zero-order valence-electron chi connectivity index (χ0n) is 43.7. The minimum atomic E-state index is -1.50. The number of carbonyl (C=O) groups excluding carboxylic acids is 7. The summed E-state index contributed by atoms with van der Waals surface area (Å²) in [7, 11) is 3.47. The summed E-state index contributed by atoms with van der Waals surface area (Å²) >= 11 is 0. The highest BCUT2D eigenvalue weighted by Crippen LogP contribution is 2.39. The van der Waals surface area contributed by atoms with Gasteiger partial charge < -0.3 is 60.7 Å². The summed E-state index contributed by atoms with van der Waals surface area (Å²) in [5.41, 5.74) is 12.2. The summed E-state index contributed by atoms with van der Waals surface area (Å²) in [5.74, 6) is -1.72. The van der Waals surface area contributed by atoms with E-state index in [0.717, 1.165) is 21.6 Å². The number of anilines is 3. The largest absolute Gasteiger partial charge is 0.493 e. The summed E-state index contributed by atoms with van der Waals surface area (Å²) < 4.78 is 15.2. The summed E-state index contributed by atoms with van der Waals surface area (Å²) in [5, 5.41) is 32.0. The highest BCUT2D eigenvalue weighted by atomic mass is 16.6. The predicted octanol–water partition coefficient (Wildman–Crippen LogP) is 5.35. The van der Waals surface area contributed by atoms with E-state index in [1.165, 1.54) is 11.0 Å². The maximum absolute atomic E-state index is 14.1. The van der Waals surface area contributed by atoms with Crippen LogP contribution in [0.3, 0.4) is 0 Å². The molecule has 402 valence electrons. The van der Waals surface area contributed by atoms with Crippen LogP contribution in [-0.4, -0.2) is 116 Å². The average Bonchev–Trinajstić information content (AvgIpc) is 4.09. The van der Waals surface area contributed by atoms with E-state index in [-0.39, 0.29) is 86.8 Å². The molecule has 2 aromatic heterocycles. The molecular formula is C56H67N9O11.